The van der Waals surface area contributed by atoms with Crippen LogP contribution in [0.2, 0.25) is 0 Å². The third-order valence-corrected chi connectivity index (χ3v) is 3.29. The fraction of sp³-hybridized carbons (Fsp3) is 0.273. The minimum absolute atomic E-state index is 0.00980. The highest BCUT2D eigenvalue weighted by Crippen LogP contribution is 2.23. The second-order valence-electron chi connectivity index (χ2n) is 3.88. The van der Waals surface area contributed by atoms with Crippen molar-refractivity contribution in [1.29, 1.82) is 0 Å². The molecule has 7 nitrogen and oxygen atoms in total. The summed E-state index contributed by atoms with van der Waals surface area (Å²) in [5.74, 6) is 1.000. The molecule has 0 bridgehead atoms. The highest BCUT2D eigenvalue weighted by Gasteiger charge is 2.10. The van der Waals surface area contributed by atoms with Gasteiger partial charge in [0.15, 0.2) is 0 Å². The zero-order chi connectivity index (χ0) is 13.8. The van der Waals surface area contributed by atoms with Crippen LogP contribution in [-0.4, -0.2) is 37.7 Å². The molecule has 0 radical (unpaired) electrons. The van der Waals surface area contributed by atoms with Gasteiger partial charge < -0.3 is 5.32 Å². The number of benzene rings is 1. The standard InChI is InChI=1S/C11H12N4O3S/c1-19(18)5-4-12-11-9-6-8(15(16)17)2-3-10(9)13-7-14-11/h2-3,6-7H,4-5H2,1H3,(H,12,13,14). The van der Waals surface area contributed by atoms with Crippen LogP contribution in [0.5, 0.6) is 0 Å². The van der Waals surface area contributed by atoms with Gasteiger partial charge in [-0.3, -0.25) is 14.3 Å². The van der Waals surface area contributed by atoms with Gasteiger partial charge in [0, 0.05) is 46.9 Å². The van der Waals surface area contributed by atoms with Gasteiger partial charge in [-0.25, -0.2) is 9.97 Å². The van der Waals surface area contributed by atoms with Gasteiger partial charge in [0.05, 0.1) is 10.4 Å². The number of hydrogen-bond donors (Lipinski definition) is 1. The Kier molecular flexibility index (Phi) is 4.00. The zero-order valence-electron chi connectivity index (χ0n) is 10.2. The van der Waals surface area contributed by atoms with Crippen LogP contribution in [0.25, 0.3) is 10.9 Å². The monoisotopic (exact) mass is 280 g/mol. The number of nitrogens with zero attached hydrogens (tertiary/aromatic N) is 3. The van der Waals surface area contributed by atoms with Crippen molar-refractivity contribution in [2.24, 2.45) is 0 Å². The Labute approximate surface area is 111 Å². The summed E-state index contributed by atoms with van der Waals surface area (Å²) in [6, 6.07) is 4.42. The third kappa shape index (κ3) is 3.22. The molecule has 1 atom stereocenters. The molecule has 0 spiro atoms. The Hall–Kier alpha value is -2.09. The average molecular weight is 280 g/mol. The molecule has 2 aromatic rings. The molecular formula is C11H12N4O3S. The summed E-state index contributed by atoms with van der Waals surface area (Å²) < 4.78 is 11.0. The predicted molar refractivity (Wildman–Crippen MR) is 73.6 cm³/mol. The molecule has 1 heterocycles. The smallest absolute Gasteiger partial charge is 0.270 e. The topological polar surface area (TPSA) is 98.0 Å². The molecule has 0 saturated carbocycles. The van der Waals surface area contributed by atoms with Gasteiger partial charge in [0.2, 0.25) is 0 Å². The van der Waals surface area contributed by atoms with Crippen molar-refractivity contribution in [2.45, 2.75) is 0 Å². The van der Waals surface area contributed by atoms with Gasteiger partial charge >= 0.3 is 0 Å². The maximum Gasteiger partial charge on any atom is 0.270 e. The van der Waals surface area contributed by atoms with E-state index >= 15 is 0 Å². The first-order valence-corrected chi connectivity index (χ1v) is 7.23. The second kappa shape index (κ2) is 5.70. The van der Waals surface area contributed by atoms with Crippen LogP contribution < -0.4 is 5.32 Å². The zero-order valence-corrected chi connectivity index (χ0v) is 11.0. The molecule has 1 aromatic heterocycles. The van der Waals surface area contributed by atoms with E-state index in [2.05, 4.69) is 15.3 Å². The molecular weight excluding hydrogens is 268 g/mol. The summed E-state index contributed by atoms with van der Waals surface area (Å²) >= 11 is 0. The van der Waals surface area contributed by atoms with Crippen molar-refractivity contribution in [3.05, 3.63) is 34.6 Å². The van der Waals surface area contributed by atoms with Crippen molar-refractivity contribution in [2.75, 3.05) is 23.9 Å². The van der Waals surface area contributed by atoms with E-state index in [1.807, 2.05) is 0 Å². The largest absolute Gasteiger partial charge is 0.369 e. The minimum atomic E-state index is -0.899. The minimum Gasteiger partial charge on any atom is -0.369 e. The number of hydrogen-bond acceptors (Lipinski definition) is 6. The van der Waals surface area contributed by atoms with Crippen LogP contribution >= 0.6 is 0 Å². The van der Waals surface area contributed by atoms with Crippen molar-refractivity contribution >= 4 is 33.2 Å². The normalized spacial score (nSPS) is 12.3. The lowest BCUT2D eigenvalue weighted by atomic mass is 10.2. The quantitative estimate of drug-likeness (QED) is 0.655. The molecule has 19 heavy (non-hydrogen) atoms. The Bertz CT molecular complexity index is 647. The molecule has 8 heteroatoms. The first-order chi connectivity index (χ1) is 9.08. The van der Waals surface area contributed by atoms with Gasteiger partial charge in [0.1, 0.15) is 12.1 Å². The number of aromatic nitrogens is 2. The third-order valence-electron chi connectivity index (χ3n) is 2.51. The SMILES string of the molecule is CS(=O)CCNc1ncnc2ccc([N+](=O)[O-])cc12. The lowest BCUT2D eigenvalue weighted by Crippen LogP contribution is -2.11. The number of anilines is 1. The molecule has 0 aliphatic rings. The van der Waals surface area contributed by atoms with E-state index in [4.69, 9.17) is 0 Å². The number of nitro benzene ring substituents is 1. The number of fused-ring (bicyclic) bond motifs is 1. The number of nitrogens with one attached hydrogen (secondary N) is 1. The van der Waals surface area contributed by atoms with Crippen LogP contribution in [0.15, 0.2) is 24.5 Å². The summed E-state index contributed by atoms with van der Waals surface area (Å²) in [5.41, 5.74) is 0.616. The highest BCUT2D eigenvalue weighted by atomic mass is 32.2. The van der Waals surface area contributed by atoms with Crippen LogP contribution in [-0.2, 0) is 10.8 Å². The molecule has 0 amide bonds. The summed E-state index contributed by atoms with van der Waals surface area (Å²) in [6.45, 7) is 0.484. The van der Waals surface area contributed by atoms with Crippen molar-refractivity contribution < 1.29 is 9.13 Å². The fourth-order valence-electron chi connectivity index (χ4n) is 1.61. The molecule has 0 aliphatic heterocycles. The highest BCUT2D eigenvalue weighted by molar-refractivity contribution is 7.84. The first kappa shape index (κ1) is 13.3. The fourth-order valence-corrected chi connectivity index (χ4v) is 2.00. The van der Waals surface area contributed by atoms with E-state index in [-0.39, 0.29) is 5.69 Å². The Morgan fingerprint density at radius 3 is 2.89 bits per heavy atom. The van der Waals surface area contributed by atoms with Crippen molar-refractivity contribution in [3.63, 3.8) is 0 Å². The van der Waals surface area contributed by atoms with Gasteiger partial charge in [-0.1, -0.05) is 0 Å². The van der Waals surface area contributed by atoms with E-state index < -0.39 is 15.7 Å². The summed E-state index contributed by atoms with van der Waals surface area (Å²) in [4.78, 5) is 18.4. The van der Waals surface area contributed by atoms with Crippen LogP contribution in [0, 0.1) is 10.1 Å². The molecule has 0 fully saturated rings. The maximum absolute atomic E-state index is 11.0. The summed E-state index contributed by atoms with van der Waals surface area (Å²) in [5, 5.41) is 14.4. The number of non-ortho nitro benzene ring substituents is 1. The molecule has 1 N–H and O–H groups in total. The molecule has 1 unspecified atom stereocenters. The van der Waals surface area contributed by atoms with E-state index in [1.165, 1.54) is 18.5 Å². The predicted octanol–water partition coefficient (Wildman–Crippen LogP) is 1.33. The van der Waals surface area contributed by atoms with Gasteiger partial charge in [-0.05, 0) is 6.07 Å². The Morgan fingerprint density at radius 1 is 1.42 bits per heavy atom. The molecule has 0 saturated heterocycles. The first-order valence-electron chi connectivity index (χ1n) is 5.51. The van der Waals surface area contributed by atoms with Crippen LogP contribution in [0.3, 0.4) is 0 Å². The molecule has 0 aliphatic carbocycles. The number of rotatable bonds is 5. The van der Waals surface area contributed by atoms with E-state index in [1.54, 1.807) is 12.3 Å². The van der Waals surface area contributed by atoms with Crippen LogP contribution in [0.4, 0.5) is 11.5 Å². The van der Waals surface area contributed by atoms with E-state index in [0.717, 1.165) is 0 Å². The molecule has 1 aromatic carbocycles. The maximum atomic E-state index is 11.0. The molecule has 2 rings (SSSR count). The molecule has 100 valence electrons. The average Bonchev–Trinajstić information content (AvgIpc) is 2.38. The van der Waals surface area contributed by atoms with Crippen LogP contribution in [0.1, 0.15) is 0 Å². The summed E-state index contributed by atoms with van der Waals surface area (Å²) in [7, 11) is -0.899. The Balaban J connectivity index is 2.34. The summed E-state index contributed by atoms with van der Waals surface area (Å²) in [6.07, 6.45) is 3.00. The van der Waals surface area contributed by atoms with Crippen molar-refractivity contribution in [1.82, 2.24) is 9.97 Å². The lowest BCUT2D eigenvalue weighted by molar-refractivity contribution is -0.384. The van der Waals surface area contributed by atoms with Gasteiger partial charge in [-0.15, -0.1) is 0 Å². The second-order valence-corrected chi connectivity index (χ2v) is 5.44. The van der Waals surface area contributed by atoms with E-state index in [0.29, 0.717) is 29.0 Å². The van der Waals surface area contributed by atoms with Gasteiger partial charge in [0.25, 0.3) is 5.69 Å². The lowest BCUT2D eigenvalue weighted by Gasteiger charge is -2.07. The van der Waals surface area contributed by atoms with E-state index in [9.17, 15) is 14.3 Å². The van der Waals surface area contributed by atoms with Gasteiger partial charge in [-0.2, -0.15) is 0 Å². The number of nitro groups is 1. The van der Waals surface area contributed by atoms with Crippen molar-refractivity contribution in [3.8, 4) is 0 Å². The Morgan fingerprint density at radius 2 is 2.21 bits per heavy atom.